The van der Waals surface area contributed by atoms with Crippen molar-refractivity contribution in [2.75, 3.05) is 11.4 Å². The van der Waals surface area contributed by atoms with E-state index in [4.69, 9.17) is 0 Å². The van der Waals surface area contributed by atoms with Crippen LogP contribution in [-0.2, 0) is 7.05 Å². The van der Waals surface area contributed by atoms with Gasteiger partial charge in [-0.05, 0) is 13.8 Å². The monoisotopic (exact) mass is 203 g/mol. The summed E-state index contributed by atoms with van der Waals surface area (Å²) in [7, 11) is 1.94. The lowest BCUT2D eigenvalue weighted by molar-refractivity contribution is 0.781. The van der Waals surface area contributed by atoms with E-state index in [1.165, 1.54) is 0 Å². The molecule has 1 aliphatic rings. The van der Waals surface area contributed by atoms with Crippen molar-refractivity contribution in [3.8, 4) is 0 Å². The van der Waals surface area contributed by atoms with E-state index in [-0.39, 0.29) is 0 Å². The molecule has 0 aliphatic carbocycles. The number of fused-ring (bicyclic) bond motifs is 1. The van der Waals surface area contributed by atoms with Gasteiger partial charge in [0.1, 0.15) is 17.4 Å². The Kier molecular flexibility index (Phi) is 1.55. The van der Waals surface area contributed by atoms with Crippen LogP contribution >= 0.6 is 0 Å². The molecule has 1 atom stereocenters. The Morgan fingerprint density at radius 3 is 2.80 bits per heavy atom. The van der Waals surface area contributed by atoms with Crippen molar-refractivity contribution in [1.29, 1.82) is 0 Å². The smallest absolute Gasteiger partial charge is 0.158 e. The fourth-order valence-electron chi connectivity index (χ4n) is 2.00. The first-order valence-electron chi connectivity index (χ1n) is 5.09. The topological polar surface area (TPSA) is 46.6 Å². The van der Waals surface area contributed by atoms with Crippen molar-refractivity contribution in [3.05, 3.63) is 12.0 Å². The molecule has 1 aliphatic heterocycles. The van der Waals surface area contributed by atoms with E-state index in [1.54, 1.807) is 6.33 Å². The standard InChI is InChI=1S/C10H13N5/c1-6-4-15(6)10-9-8(11-5-12-10)7(2)13-14(9)3/h5-6H,4H2,1-3H3. The molecule has 78 valence electrons. The molecule has 0 radical (unpaired) electrons. The van der Waals surface area contributed by atoms with Crippen LogP contribution in [0.4, 0.5) is 5.82 Å². The minimum Gasteiger partial charge on any atom is -0.348 e. The van der Waals surface area contributed by atoms with Crippen molar-refractivity contribution in [2.45, 2.75) is 19.9 Å². The van der Waals surface area contributed by atoms with Gasteiger partial charge in [0.25, 0.3) is 0 Å². The normalized spacial score (nSPS) is 19.9. The van der Waals surface area contributed by atoms with Gasteiger partial charge < -0.3 is 4.90 Å². The van der Waals surface area contributed by atoms with Crippen molar-refractivity contribution < 1.29 is 0 Å². The van der Waals surface area contributed by atoms with Gasteiger partial charge in [-0.25, -0.2) is 9.97 Å². The van der Waals surface area contributed by atoms with Crippen LogP contribution in [0.15, 0.2) is 6.33 Å². The van der Waals surface area contributed by atoms with Crippen molar-refractivity contribution in [1.82, 2.24) is 19.7 Å². The Morgan fingerprint density at radius 1 is 1.40 bits per heavy atom. The Morgan fingerprint density at radius 2 is 2.13 bits per heavy atom. The molecule has 0 bridgehead atoms. The summed E-state index contributed by atoms with van der Waals surface area (Å²) in [6.07, 6.45) is 1.62. The third-order valence-corrected chi connectivity index (χ3v) is 2.90. The lowest BCUT2D eigenvalue weighted by atomic mass is 10.3. The number of rotatable bonds is 1. The predicted molar refractivity (Wildman–Crippen MR) is 57.8 cm³/mol. The fourth-order valence-corrected chi connectivity index (χ4v) is 2.00. The maximum atomic E-state index is 4.37. The van der Waals surface area contributed by atoms with Gasteiger partial charge >= 0.3 is 0 Å². The van der Waals surface area contributed by atoms with Crippen molar-refractivity contribution in [2.24, 2.45) is 7.05 Å². The molecule has 2 aromatic heterocycles. The van der Waals surface area contributed by atoms with Crippen LogP contribution < -0.4 is 4.90 Å². The van der Waals surface area contributed by atoms with E-state index in [2.05, 4.69) is 26.9 Å². The van der Waals surface area contributed by atoms with Gasteiger partial charge in [-0.15, -0.1) is 0 Å². The first kappa shape index (κ1) is 8.64. The third-order valence-electron chi connectivity index (χ3n) is 2.90. The number of aromatic nitrogens is 4. The van der Waals surface area contributed by atoms with Crippen LogP contribution in [0.1, 0.15) is 12.6 Å². The van der Waals surface area contributed by atoms with Crippen LogP contribution in [0.5, 0.6) is 0 Å². The Bertz CT molecular complexity index is 530. The van der Waals surface area contributed by atoms with E-state index in [0.29, 0.717) is 6.04 Å². The highest BCUT2D eigenvalue weighted by molar-refractivity contribution is 5.88. The van der Waals surface area contributed by atoms with Gasteiger partial charge in [0.05, 0.1) is 5.69 Å². The van der Waals surface area contributed by atoms with Crippen LogP contribution in [0.3, 0.4) is 0 Å². The second-order valence-corrected chi connectivity index (χ2v) is 4.10. The number of nitrogens with zero attached hydrogens (tertiary/aromatic N) is 5. The third kappa shape index (κ3) is 1.12. The molecule has 0 N–H and O–H groups in total. The molecule has 0 spiro atoms. The van der Waals surface area contributed by atoms with Gasteiger partial charge in [-0.1, -0.05) is 0 Å². The molecule has 0 amide bonds. The molecule has 15 heavy (non-hydrogen) atoms. The lowest BCUT2D eigenvalue weighted by Crippen LogP contribution is -2.02. The van der Waals surface area contributed by atoms with Gasteiger partial charge in [0.15, 0.2) is 5.82 Å². The zero-order valence-electron chi connectivity index (χ0n) is 9.10. The average molecular weight is 203 g/mol. The summed E-state index contributed by atoms with van der Waals surface area (Å²) < 4.78 is 1.87. The van der Waals surface area contributed by atoms with Gasteiger partial charge in [-0.3, -0.25) is 4.68 Å². The summed E-state index contributed by atoms with van der Waals surface area (Å²) in [5, 5.41) is 4.37. The molecule has 3 heterocycles. The Labute approximate surface area is 87.7 Å². The highest BCUT2D eigenvalue weighted by Gasteiger charge is 2.33. The van der Waals surface area contributed by atoms with Gasteiger partial charge in [0, 0.05) is 19.6 Å². The molecule has 5 nitrogen and oxygen atoms in total. The first-order valence-corrected chi connectivity index (χ1v) is 5.09. The molecule has 0 saturated carbocycles. The van der Waals surface area contributed by atoms with E-state index >= 15 is 0 Å². The van der Waals surface area contributed by atoms with Crippen LogP contribution in [-0.4, -0.2) is 32.3 Å². The highest BCUT2D eigenvalue weighted by Crippen LogP contribution is 2.31. The highest BCUT2D eigenvalue weighted by atomic mass is 15.4. The number of hydrogen-bond donors (Lipinski definition) is 0. The van der Waals surface area contributed by atoms with Crippen LogP contribution in [0.2, 0.25) is 0 Å². The average Bonchev–Trinajstić information content (AvgIpc) is 2.86. The second kappa shape index (κ2) is 2.68. The summed E-state index contributed by atoms with van der Waals surface area (Å²) in [6.45, 7) is 5.25. The zero-order chi connectivity index (χ0) is 10.6. The predicted octanol–water partition coefficient (Wildman–Crippen LogP) is 0.880. The molecule has 1 unspecified atom stereocenters. The number of aryl methyl sites for hydroxylation is 2. The number of hydrogen-bond acceptors (Lipinski definition) is 4. The Balaban J connectivity index is 2.30. The zero-order valence-corrected chi connectivity index (χ0v) is 9.10. The molecule has 1 fully saturated rings. The maximum Gasteiger partial charge on any atom is 0.158 e. The van der Waals surface area contributed by atoms with Gasteiger partial charge in [0.2, 0.25) is 0 Å². The number of anilines is 1. The largest absolute Gasteiger partial charge is 0.348 e. The summed E-state index contributed by atoms with van der Waals surface area (Å²) >= 11 is 0. The lowest BCUT2D eigenvalue weighted by Gasteiger charge is -2.04. The summed E-state index contributed by atoms with van der Waals surface area (Å²) in [6, 6.07) is 0.596. The quantitative estimate of drug-likeness (QED) is 0.645. The SMILES string of the molecule is Cc1nn(C)c2c(N3CC3C)ncnc12. The molecule has 1 saturated heterocycles. The minimum atomic E-state index is 0.596. The summed E-state index contributed by atoms with van der Waals surface area (Å²) in [4.78, 5) is 10.9. The molecular formula is C10H13N5. The van der Waals surface area contributed by atoms with Gasteiger partial charge in [-0.2, -0.15) is 5.10 Å². The summed E-state index contributed by atoms with van der Waals surface area (Å²) in [5.41, 5.74) is 2.96. The maximum absolute atomic E-state index is 4.37. The molecule has 2 aromatic rings. The van der Waals surface area contributed by atoms with E-state index in [9.17, 15) is 0 Å². The van der Waals surface area contributed by atoms with E-state index < -0.39 is 0 Å². The van der Waals surface area contributed by atoms with E-state index in [0.717, 1.165) is 29.1 Å². The van der Waals surface area contributed by atoms with E-state index in [1.807, 2.05) is 18.7 Å². The first-order chi connectivity index (χ1) is 7.18. The second-order valence-electron chi connectivity index (χ2n) is 4.10. The van der Waals surface area contributed by atoms with Crippen LogP contribution in [0, 0.1) is 6.92 Å². The summed E-state index contributed by atoms with van der Waals surface area (Å²) in [5.74, 6) is 1.01. The molecular weight excluding hydrogens is 190 g/mol. The minimum absolute atomic E-state index is 0.596. The van der Waals surface area contributed by atoms with Crippen molar-refractivity contribution >= 4 is 16.9 Å². The fraction of sp³-hybridized carbons (Fsp3) is 0.500. The molecule has 5 heteroatoms. The molecule has 0 aromatic carbocycles. The molecule has 3 rings (SSSR count). The van der Waals surface area contributed by atoms with Crippen LogP contribution in [0.25, 0.3) is 11.0 Å². The van der Waals surface area contributed by atoms with Crippen molar-refractivity contribution in [3.63, 3.8) is 0 Å². The Hall–Kier alpha value is -1.65.